The second-order valence-corrected chi connectivity index (χ2v) is 6.29. The Hall–Kier alpha value is -2.20. The first-order valence-electron chi connectivity index (χ1n) is 8.02. The Morgan fingerprint density at radius 1 is 1.29 bits per heavy atom. The van der Waals surface area contributed by atoms with Crippen molar-refractivity contribution in [3.8, 4) is 5.75 Å². The SMILES string of the molecule is COc1ccc(Cn2nc([C@@H]3CC(F)(F)CN3)cc(C(F)(F)F)c2=O)cc1.Cl. The van der Waals surface area contributed by atoms with E-state index in [-0.39, 0.29) is 24.6 Å². The van der Waals surface area contributed by atoms with Gasteiger partial charge in [0.1, 0.15) is 11.3 Å². The molecule has 1 saturated heterocycles. The van der Waals surface area contributed by atoms with Gasteiger partial charge in [-0.2, -0.15) is 18.3 Å². The van der Waals surface area contributed by atoms with Crippen molar-refractivity contribution in [2.45, 2.75) is 31.1 Å². The van der Waals surface area contributed by atoms with Crippen LogP contribution in [0.15, 0.2) is 35.1 Å². The number of benzene rings is 1. The summed E-state index contributed by atoms with van der Waals surface area (Å²) in [5.41, 5.74) is -2.49. The van der Waals surface area contributed by atoms with Crippen LogP contribution in [-0.4, -0.2) is 29.4 Å². The summed E-state index contributed by atoms with van der Waals surface area (Å²) < 4.78 is 72.3. The third-order valence-electron chi connectivity index (χ3n) is 4.26. The topological polar surface area (TPSA) is 56.1 Å². The largest absolute Gasteiger partial charge is 0.497 e. The first-order valence-corrected chi connectivity index (χ1v) is 8.02. The molecular weight excluding hydrogens is 409 g/mol. The van der Waals surface area contributed by atoms with Gasteiger partial charge in [0, 0.05) is 6.42 Å². The molecule has 3 rings (SSSR count). The fourth-order valence-corrected chi connectivity index (χ4v) is 2.87. The lowest BCUT2D eigenvalue weighted by atomic mass is 10.1. The van der Waals surface area contributed by atoms with Crippen molar-refractivity contribution in [3.63, 3.8) is 0 Å². The van der Waals surface area contributed by atoms with Crippen molar-refractivity contribution in [3.05, 3.63) is 57.5 Å². The zero-order valence-electron chi connectivity index (χ0n) is 14.6. The maximum absolute atomic E-state index is 13.4. The van der Waals surface area contributed by atoms with E-state index in [1.165, 1.54) is 7.11 Å². The third kappa shape index (κ3) is 4.79. The van der Waals surface area contributed by atoms with Crippen molar-refractivity contribution in [2.24, 2.45) is 0 Å². The summed E-state index contributed by atoms with van der Waals surface area (Å²) in [4.78, 5) is 12.2. The highest BCUT2D eigenvalue weighted by atomic mass is 35.5. The van der Waals surface area contributed by atoms with Gasteiger partial charge in [0.25, 0.3) is 11.5 Å². The molecule has 1 atom stereocenters. The van der Waals surface area contributed by atoms with E-state index in [0.717, 1.165) is 0 Å². The fraction of sp³-hybridized carbons (Fsp3) is 0.412. The van der Waals surface area contributed by atoms with Gasteiger partial charge in [-0.05, 0) is 23.8 Å². The summed E-state index contributed by atoms with van der Waals surface area (Å²) >= 11 is 0. The highest BCUT2D eigenvalue weighted by molar-refractivity contribution is 5.85. The van der Waals surface area contributed by atoms with Crippen LogP contribution in [-0.2, 0) is 12.7 Å². The van der Waals surface area contributed by atoms with Crippen LogP contribution < -0.4 is 15.6 Å². The Bertz CT molecular complexity index is 884. The molecule has 11 heteroatoms. The number of alkyl halides is 5. The fourth-order valence-electron chi connectivity index (χ4n) is 2.87. The maximum atomic E-state index is 13.4. The quantitative estimate of drug-likeness (QED) is 0.763. The molecule has 1 N–H and O–H groups in total. The van der Waals surface area contributed by atoms with E-state index in [1.54, 1.807) is 24.3 Å². The van der Waals surface area contributed by atoms with Crippen LogP contribution >= 0.6 is 12.4 Å². The van der Waals surface area contributed by atoms with E-state index in [9.17, 15) is 26.7 Å². The van der Waals surface area contributed by atoms with Crippen molar-refractivity contribution in [1.29, 1.82) is 0 Å². The molecule has 0 amide bonds. The summed E-state index contributed by atoms with van der Waals surface area (Å²) in [7, 11) is 1.46. The molecule has 0 aliphatic carbocycles. The molecule has 1 aliphatic heterocycles. The number of nitrogens with one attached hydrogen (secondary N) is 1. The van der Waals surface area contributed by atoms with E-state index in [2.05, 4.69) is 10.4 Å². The zero-order valence-corrected chi connectivity index (χ0v) is 15.4. The van der Waals surface area contributed by atoms with E-state index in [4.69, 9.17) is 4.74 Å². The van der Waals surface area contributed by atoms with Gasteiger partial charge in [-0.3, -0.25) is 4.79 Å². The van der Waals surface area contributed by atoms with Crippen LogP contribution in [0.2, 0.25) is 0 Å². The van der Waals surface area contributed by atoms with Gasteiger partial charge < -0.3 is 10.1 Å². The summed E-state index contributed by atoms with van der Waals surface area (Å²) in [6.45, 7) is -0.888. The van der Waals surface area contributed by atoms with E-state index in [0.29, 0.717) is 22.1 Å². The predicted octanol–water partition coefficient (Wildman–Crippen LogP) is 3.41. The van der Waals surface area contributed by atoms with E-state index >= 15 is 0 Å². The van der Waals surface area contributed by atoms with Gasteiger partial charge in [-0.25, -0.2) is 13.5 Å². The number of hydrogen-bond acceptors (Lipinski definition) is 4. The second-order valence-electron chi connectivity index (χ2n) is 6.29. The minimum Gasteiger partial charge on any atom is -0.497 e. The monoisotopic (exact) mass is 425 g/mol. The van der Waals surface area contributed by atoms with Gasteiger partial charge in [0.2, 0.25) is 0 Å². The average Bonchev–Trinajstić information content (AvgIpc) is 2.96. The number of ether oxygens (including phenoxy) is 1. The molecule has 154 valence electrons. The third-order valence-corrected chi connectivity index (χ3v) is 4.26. The van der Waals surface area contributed by atoms with Crippen LogP contribution in [0.5, 0.6) is 5.75 Å². The smallest absolute Gasteiger partial charge is 0.421 e. The minimum absolute atomic E-state index is 0. The molecule has 1 aliphatic rings. The molecule has 0 bridgehead atoms. The van der Waals surface area contributed by atoms with Crippen molar-refractivity contribution in [1.82, 2.24) is 15.1 Å². The number of nitrogens with zero attached hydrogens (tertiary/aromatic N) is 2. The van der Waals surface area contributed by atoms with Crippen molar-refractivity contribution >= 4 is 12.4 Å². The van der Waals surface area contributed by atoms with Crippen LogP contribution in [0.1, 0.15) is 29.3 Å². The molecule has 2 heterocycles. The summed E-state index contributed by atoms with van der Waals surface area (Å²) in [5.74, 6) is -2.50. The predicted molar refractivity (Wildman–Crippen MR) is 93.2 cm³/mol. The Morgan fingerprint density at radius 2 is 1.93 bits per heavy atom. The first kappa shape index (κ1) is 22.1. The average molecular weight is 426 g/mol. The van der Waals surface area contributed by atoms with Gasteiger partial charge >= 0.3 is 6.18 Å². The van der Waals surface area contributed by atoms with Gasteiger partial charge in [-0.1, -0.05) is 12.1 Å². The van der Waals surface area contributed by atoms with Crippen molar-refractivity contribution < 1.29 is 26.7 Å². The summed E-state index contributed by atoms with van der Waals surface area (Å²) in [6.07, 6.45) is -5.60. The molecule has 0 unspecified atom stereocenters. The van der Waals surface area contributed by atoms with Gasteiger partial charge in [0.15, 0.2) is 0 Å². The zero-order chi connectivity index (χ0) is 19.8. The lowest BCUT2D eigenvalue weighted by Gasteiger charge is -2.16. The number of aromatic nitrogens is 2. The molecule has 28 heavy (non-hydrogen) atoms. The van der Waals surface area contributed by atoms with Crippen LogP contribution in [0.4, 0.5) is 22.0 Å². The molecule has 0 saturated carbocycles. The standard InChI is InChI=1S/C17H16F5N3O2.ClH/c1-27-11-4-2-10(3-5-11)8-25-15(26)12(17(20,21)22)6-13(24-25)14-7-16(18,19)9-23-14;/h2-6,14,23H,7-9H2,1H3;1H/t14-;/m0./s1. The summed E-state index contributed by atoms with van der Waals surface area (Å²) in [5, 5.41) is 6.36. The molecule has 1 aromatic heterocycles. The number of rotatable bonds is 4. The highest BCUT2D eigenvalue weighted by Gasteiger charge is 2.42. The van der Waals surface area contributed by atoms with Gasteiger partial charge in [-0.15, -0.1) is 12.4 Å². The highest BCUT2D eigenvalue weighted by Crippen LogP contribution is 2.34. The lowest BCUT2D eigenvalue weighted by Crippen LogP contribution is -2.33. The maximum Gasteiger partial charge on any atom is 0.421 e. The molecule has 0 spiro atoms. The first-order chi connectivity index (χ1) is 12.6. The van der Waals surface area contributed by atoms with Crippen LogP contribution in [0, 0.1) is 0 Å². The van der Waals surface area contributed by atoms with Crippen LogP contribution in [0.25, 0.3) is 0 Å². The number of methoxy groups -OCH3 is 1. The molecule has 1 aromatic carbocycles. The Balaban J connectivity index is 0.00000280. The molecular formula is C17H17ClF5N3O2. The minimum atomic E-state index is -4.92. The molecule has 0 radical (unpaired) electrons. The Labute approximate surface area is 162 Å². The molecule has 5 nitrogen and oxygen atoms in total. The van der Waals surface area contributed by atoms with Crippen LogP contribution in [0.3, 0.4) is 0 Å². The number of halogens is 6. The second kappa shape index (κ2) is 8.04. The van der Waals surface area contributed by atoms with Crippen molar-refractivity contribution in [2.75, 3.05) is 13.7 Å². The number of hydrogen-bond donors (Lipinski definition) is 1. The normalized spacial score (nSPS) is 18.6. The van der Waals surface area contributed by atoms with E-state index in [1.807, 2.05) is 0 Å². The molecule has 1 fully saturated rings. The Morgan fingerprint density at radius 3 is 2.43 bits per heavy atom. The summed E-state index contributed by atoms with van der Waals surface area (Å²) in [6, 6.07) is 5.82. The lowest BCUT2D eigenvalue weighted by molar-refractivity contribution is -0.139. The van der Waals surface area contributed by atoms with E-state index < -0.39 is 42.2 Å². The molecule has 2 aromatic rings. The Kier molecular flexibility index (Phi) is 6.34. The van der Waals surface area contributed by atoms with Gasteiger partial charge in [0.05, 0.1) is 31.9 Å².